The quantitative estimate of drug-likeness (QED) is 0.234. The minimum atomic E-state index is -1.29. The van der Waals surface area contributed by atoms with Gasteiger partial charge in [0.1, 0.15) is 36.1 Å². The molecule has 0 unspecified atom stereocenters. The predicted octanol–water partition coefficient (Wildman–Crippen LogP) is 3.71. The van der Waals surface area contributed by atoms with Crippen LogP contribution in [-0.4, -0.2) is 94.9 Å². The van der Waals surface area contributed by atoms with Crippen molar-refractivity contribution >= 4 is 5.97 Å². The lowest BCUT2D eigenvalue weighted by molar-refractivity contribution is -0.309. The van der Waals surface area contributed by atoms with Crippen molar-refractivity contribution in [2.45, 2.75) is 160 Å². The summed E-state index contributed by atoms with van der Waals surface area (Å²) in [6.07, 6.45) is 2.89. The second-order valence-corrected chi connectivity index (χ2v) is 18.9. The molecule has 0 radical (unpaired) electrons. The number of aliphatic hydroxyl groups excluding tert-OH is 3. The Balaban J connectivity index is 1.03. The molecule has 10 heteroatoms. The molecule has 0 bridgehead atoms. The molecule has 9 aliphatic rings. The normalized spacial score (nSPS) is 62.8. The van der Waals surface area contributed by atoms with Crippen LogP contribution in [0.3, 0.4) is 0 Å². The van der Waals surface area contributed by atoms with Gasteiger partial charge < -0.3 is 43.7 Å². The monoisotopic (exact) mass is 660 g/mol. The summed E-state index contributed by atoms with van der Waals surface area (Å²) in [6.45, 7) is 16.1. The Kier molecular flexibility index (Phi) is 6.50. The van der Waals surface area contributed by atoms with Crippen molar-refractivity contribution in [2.75, 3.05) is 13.2 Å². The number of epoxide rings is 1. The Labute approximate surface area is 278 Å². The van der Waals surface area contributed by atoms with E-state index in [1.54, 1.807) is 6.92 Å². The van der Waals surface area contributed by atoms with Crippen molar-refractivity contribution in [3.8, 4) is 0 Å². The summed E-state index contributed by atoms with van der Waals surface area (Å²) in [7, 11) is 0. The molecule has 18 atom stereocenters. The average Bonchev–Trinajstić information content (AvgIpc) is 3.81. The highest BCUT2D eigenvalue weighted by Gasteiger charge is 2.86. The zero-order chi connectivity index (χ0) is 33.3. The van der Waals surface area contributed by atoms with Gasteiger partial charge in [-0.05, 0) is 97.2 Å². The first kappa shape index (κ1) is 32.1. The van der Waals surface area contributed by atoms with E-state index >= 15 is 0 Å². The fraction of sp³-hybridized carbons (Fsp3) is 0.973. The summed E-state index contributed by atoms with van der Waals surface area (Å²) in [6, 6.07) is 0. The lowest BCUT2D eigenvalue weighted by atomic mass is 9.41. The van der Waals surface area contributed by atoms with Gasteiger partial charge in [0.15, 0.2) is 12.1 Å². The van der Waals surface area contributed by atoms with Gasteiger partial charge in [0.2, 0.25) is 0 Å². The van der Waals surface area contributed by atoms with E-state index in [9.17, 15) is 20.1 Å². The van der Waals surface area contributed by atoms with E-state index in [0.717, 1.165) is 51.4 Å². The summed E-state index contributed by atoms with van der Waals surface area (Å²) in [4.78, 5) is 12.9. The molecule has 0 aromatic rings. The van der Waals surface area contributed by atoms with Gasteiger partial charge in [0.25, 0.3) is 0 Å². The van der Waals surface area contributed by atoms with E-state index in [-0.39, 0.29) is 75.6 Å². The van der Waals surface area contributed by atoms with E-state index in [2.05, 4.69) is 41.5 Å². The molecule has 0 amide bonds. The van der Waals surface area contributed by atoms with Crippen LogP contribution in [0.25, 0.3) is 0 Å². The number of carbonyl (C=O) groups is 1. The minimum absolute atomic E-state index is 0.00697. The van der Waals surface area contributed by atoms with Crippen molar-refractivity contribution in [1.82, 2.24) is 0 Å². The first-order chi connectivity index (χ1) is 22.0. The summed E-state index contributed by atoms with van der Waals surface area (Å²) in [5.74, 6) is 0.642. The van der Waals surface area contributed by atoms with Crippen LogP contribution in [0, 0.1) is 50.7 Å². The second-order valence-electron chi connectivity index (χ2n) is 18.9. The molecule has 10 nitrogen and oxygen atoms in total. The van der Waals surface area contributed by atoms with Gasteiger partial charge in [-0.2, -0.15) is 0 Å². The van der Waals surface area contributed by atoms with Gasteiger partial charge in [0.05, 0.1) is 25.4 Å². The maximum Gasteiger partial charge on any atom is 0.302 e. The number of hydrogen-bond donors (Lipinski definition) is 3. The average molecular weight is 661 g/mol. The molecule has 4 aliphatic heterocycles. The van der Waals surface area contributed by atoms with Crippen LogP contribution in [0.1, 0.15) is 99.8 Å². The number of esters is 1. The van der Waals surface area contributed by atoms with Crippen molar-refractivity contribution in [3.63, 3.8) is 0 Å². The van der Waals surface area contributed by atoms with Crippen LogP contribution in [0.2, 0.25) is 0 Å². The molecule has 9 rings (SSSR count). The Hall–Kier alpha value is -0.850. The zero-order valence-electron chi connectivity index (χ0n) is 29.2. The SMILES string of the molecule is CC(=O)O[C@@H]1C[C@@]23C[C@@]24CC[C@H](O[C@@H]2OC[C@@H](O)[C@H](O)[C@H]2O)C(C)(C)[C@@H]4CC[C@H]3[C@]2(C)C[C@@H]3O[C@]4(C[C@@H](C)[C@@H]3[C@@]12C)OC[C@@]1(C)O[C@@H]41. The van der Waals surface area contributed by atoms with E-state index < -0.39 is 30.4 Å². The number of fused-ring (bicyclic) bond motifs is 6. The summed E-state index contributed by atoms with van der Waals surface area (Å²) < 4.78 is 38.4. The van der Waals surface area contributed by atoms with Crippen LogP contribution < -0.4 is 0 Å². The molecule has 5 saturated carbocycles. The predicted molar refractivity (Wildman–Crippen MR) is 166 cm³/mol. The van der Waals surface area contributed by atoms with Crippen molar-refractivity contribution in [3.05, 3.63) is 0 Å². The highest BCUT2D eigenvalue weighted by atomic mass is 16.8. The van der Waals surface area contributed by atoms with Crippen LogP contribution in [0.15, 0.2) is 0 Å². The standard InChI is InChI=1S/C37H56O10/c1-18-12-37(30-33(6,47-30)17-43-37)46-21-13-32(5)23-9-8-22-31(3,4)24(45-29-28(41)27(40)20(39)15-42-29)10-11-35(22)16-36(23,35)14-25(44-19(2)38)34(32,7)26(18)21/h18,20-30,39-41H,8-17H2,1-7H3/t18-,20-,21+,22+,23+,24+,25-,26+,27+,28-,29+,30-,32+,33-,34-,35-,36+,37+/m1/s1. The summed E-state index contributed by atoms with van der Waals surface area (Å²) in [5, 5.41) is 31.0. The number of ether oxygens (including phenoxy) is 6. The third kappa shape index (κ3) is 3.78. The molecule has 0 aromatic carbocycles. The van der Waals surface area contributed by atoms with E-state index in [1.165, 1.54) is 0 Å². The lowest BCUT2D eigenvalue weighted by Gasteiger charge is -2.65. The third-order valence-corrected chi connectivity index (χ3v) is 16.6. The first-order valence-corrected chi connectivity index (χ1v) is 18.5. The molecular formula is C37H56O10. The Morgan fingerprint density at radius 2 is 1.62 bits per heavy atom. The smallest absolute Gasteiger partial charge is 0.302 e. The van der Waals surface area contributed by atoms with Gasteiger partial charge in [-0.25, -0.2) is 0 Å². The van der Waals surface area contributed by atoms with Crippen molar-refractivity contribution < 1.29 is 48.5 Å². The molecule has 9 fully saturated rings. The highest BCUT2D eigenvalue weighted by Crippen LogP contribution is 2.89. The Bertz CT molecular complexity index is 1360. The Morgan fingerprint density at radius 1 is 0.872 bits per heavy atom. The van der Waals surface area contributed by atoms with Crippen molar-refractivity contribution in [2.24, 2.45) is 50.7 Å². The fourth-order valence-electron chi connectivity index (χ4n) is 14.6. The molecule has 5 aliphatic carbocycles. The number of aliphatic hydroxyl groups is 3. The van der Waals surface area contributed by atoms with Crippen LogP contribution >= 0.6 is 0 Å². The first-order valence-electron chi connectivity index (χ1n) is 18.5. The molecule has 4 saturated heterocycles. The number of rotatable bonds is 3. The van der Waals surface area contributed by atoms with Gasteiger partial charge in [-0.15, -0.1) is 0 Å². The molecule has 4 heterocycles. The molecule has 3 spiro atoms. The molecule has 47 heavy (non-hydrogen) atoms. The van der Waals surface area contributed by atoms with E-state index in [4.69, 9.17) is 28.4 Å². The van der Waals surface area contributed by atoms with Crippen molar-refractivity contribution in [1.29, 1.82) is 0 Å². The summed E-state index contributed by atoms with van der Waals surface area (Å²) >= 11 is 0. The van der Waals surface area contributed by atoms with Crippen LogP contribution in [-0.2, 0) is 33.2 Å². The fourth-order valence-corrected chi connectivity index (χ4v) is 14.6. The number of carbonyl (C=O) groups excluding carboxylic acids is 1. The largest absolute Gasteiger partial charge is 0.462 e. The maximum atomic E-state index is 12.9. The minimum Gasteiger partial charge on any atom is -0.462 e. The van der Waals surface area contributed by atoms with Gasteiger partial charge in [0, 0.05) is 18.8 Å². The van der Waals surface area contributed by atoms with Crippen LogP contribution in [0.5, 0.6) is 0 Å². The van der Waals surface area contributed by atoms with Gasteiger partial charge in [-0.1, -0.05) is 34.6 Å². The third-order valence-electron chi connectivity index (χ3n) is 16.6. The molecule has 3 N–H and O–H groups in total. The summed E-state index contributed by atoms with van der Waals surface area (Å²) in [5.41, 5.74) is -0.492. The second kappa shape index (κ2) is 9.52. The highest BCUT2D eigenvalue weighted by molar-refractivity contribution is 5.66. The topological polar surface area (TPSA) is 136 Å². The zero-order valence-corrected chi connectivity index (χ0v) is 29.2. The van der Waals surface area contributed by atoms with Gasteiger partial charge >= 0.3 is 5.97 Å². The molecule has 0 aromatic heterocycles. The van der Waals surface area contributed by atoms with E-state index in [1.807, 2.05) is 0 Å². The molecular weight excluding hydrogens is 604 g/mol. The van der Waals surface area contributed by atoms with Gasteiger partial charge in [-0.3, -0.25) is 4.79 Å². The van der Waals surface area contributed by atoms with Crippen LogP contribution in [0.4, 0.5) is 0 Å². The molecule has 264 valence electrons. The Morgan fingerprint density at radius 3 is 2.30 bits per heavy atom. The number of hydrogen-bond acceptors (Lipinski definition) is 10. The van der Waals surface area contributed by atoms with E-state index in [0.29, 0.717) is 24.4 Å². The maximum absolute atomic E-state index is 12.9. The lowest BCUT2D eigenvalue weighted by Crippen LogP contribution is -2.64.